The largest absolute Gasteiger partial charge is 0.420 e. The zero-order valence-corrected chi connectivity index (χ0v) is 16.2. The summed E-state index contributed by atoms with van der Waals surface area (Å²) in [6.07, 6.45) is 3.31. The first kappa shape index (κ1) is 17.7. The first-order valence-corrected chi connectivity index (χ1v) is 10.2. The maximum Gasteiger partial charge on any atom is 0.257 e. The number of benzene rings is 1. The van der Waals surface area contributed by atoms with Gasteiger partial charge in [-0.3, -0.25) is 4.79 Å². The fourth-order valence-electron chi connectivity index (χ4n) is 3.51. The zero-order chi connectivity index (χ0) is 19.6. The van der Waals surface area contributed by atoms with E-state index in [2.05, 4.69) is 25.7 Å². The fraction of sp³-hybridized carbons (Fsp3) is 0.263. The topological polar surface area (TPSA) is 103 Å². The van der Waals surface area contributed by atoms with Crippen LogP contribution in [0, 0.1) is 0 Å². The summed E-state index contributed by atoms with van der Waals surface area (Å²) >= 11 is 1.56. The van der Waals surface area contributed by atoms with E-state index in [-0.39, 0.29) is 11.8 Å². The Labute approximate surface area is 170 Å². The lowest BCUT2D eigenvalue weighted by molar-refractivity contribution is 0.0698. The number of hydrogen-bond donors (Lipinski definition) is 0. The minimum Gasteiger partial charge on any atom is -0.420 e. The van der Waals surface area contributed by atoms with Gasteiger partial charge in [-0.1, -0.05) is 12.1 Å². The van der Waals surface area contributed by atoms with Gasteiger partial charge in [0.05, 0.1) is 16.5 Å². The predicted octanol–water partition coefficient (Wildman–Crippen LogP) is 2.79. The maximum atomic E-state index is 13.1. The molecule has 0 aliphatic carbocycles. The van der Waals surface area contributed by atoms with Crippen molar-refractivity contribution in [2.75, 3.05) is 13.1 Å². The van der Waals surface area contributed by atoms with Gasteiger partial charge in [0.25, 0.3) is 11.8 Å². The second kappa shape index (κ2) is 7.55. The normalized spacial score (nSPS) is 16.8. The number of thiophene rings is 1. The molecule has 5 rings (SSSR count). The molecule has 1 atom stereocenters. The van der Waals surface area contributed by atoms with Crippen molar-refractivity contribution in [2.24, 2.45) is 0 Å². The molecule has 0 bridgehead atoms. The minimum atomic E-state index is -0.0254. The molecule has 0 radical (unpaired) electrons. The summed E-state index contributed by atoms with van der Waals surface area (Å²) in [5.41, 5.74) is 1.34. The van der Waals surface area contributed by atoms with Gasteiger partial charge < -0.3 is 9.32 Å². The lowest BCUT2D eigenvalue weighted by Crippen LogP contribution is -2.39. The maximum absolute atomic E-state index is 13.1. The van der Waals surface area contributed by atoms with Crippen LogP contribution in [0.15, 0.2) is 52.5 Å². The highest BCUT2D eigenvalue weighted by Gasteiger charge is 2.29. The van der Waals surface area contributed by atoms with Gasteiger partial charge in [-0.25, -0.2) is 4.68 Å². The van der Waals surface area contributed by atoms with E-state index < -0.39 is 0 Å². The van der Waals surface area contributed by atoms with Gasteiger partial charge in [0, 0.05) is 18.7 Å². The Kier molecular flexibility index (Phi) is 4.60. The van der Waals surface area contributed by atoms with Crippen LogP contribution in [-0.4, -0.2) is 54.3 Å². The summed E-state index contributed by atoms with van der Waals surface area (Å²) in [4.78, 5) is 15.9. The fourth-order valence-corrected chi connectivity index (χ4v) is 4.15. The molecule has 4 heterocycles. The van der Waals surface area contributed by atoms with Gasteiger partial charge in [-0.05, 0) is 52.9 Å². The second-order valence-electron chi connectivity index (χ2n) is 6.82. The SMILES string of the molecule is O=C(c1cccc(-n2cnnn2)c1)N1CCC[C@H](c2nnc(-c3cccs3)o2)C1. The van der Waals surface area contributed by atoms with Crippen LogP contribution in [0.3, 0.4) is 0 Å². The van der Waals surface area contributed by atoms with Gasteiger partial charge in [0.1, 0.15) is 6.33 Å². The second-order valence-corrected chi connectivity index (χ2v) is 7.77. The highest BCUT2D eigenvalue weighted by Crippen LogP contribution is 2.30. The number of likely N-dealkylation sites (tertiary alicyclic amines) is 1. The van der Waals surface area contributed by atoms with Crippen LogP contribution in [0.5, 0.6) is 0 Å². The van der Waals surface area contributed by atoms with Crippen LogP contribution in [0.1, 0.15) is 35.0 Å². The van der Waals surface area contributed by atoms with Crippen molar-refractivity contribution < 1.29 is 9.21 Å². The molecule has 0 saturated carbocycles. The van der Waals surface area contributed by atoms with Gasteiger partial charge >= 0.3 is 0 Å². The van der Waals surface area contributed by atoms with Crippen LogP contribution in [0.25, 0.3) is 16.5 Å². The zero-order valence-electron chi connectivity index (χ0n) is 15.4. The Morgan fingerprint density at radius 1 is 1.21 bits per heavy atom. The molecular weight excluding hydrogens is 390 g/mol. The third kappa shape index (κ3) is 3.54. The van der Waals surface area contributed by atoms with Crippen molar-refractivity contribution in [1.82, 2.24) is 35.3 Å². The van der Waals surface area contributed by atoms with Crippen LogP contribution in [0.2, 0.25) is 0 Å². The lowest BCUT2D eigenvalue weighted by atomic mass is 9.97. The van der Waals surface area contributed by atoms with Crippen molar-refractivity contribution in [2.45, 2.75) is 18.8 Å². The molecule has 1 aliphatic rings. The van der Waals surface area contributed by atoms with Crippen LogP contribution >= 0.6 is 11.3 Å². The highest BCUT2D eigenvalue weighted by molar-refractivity contribution is 7.13. The molecule has 0 N–H and O–H groups in total. The van der Waals surface area contributed by atoms with Crippen LogP contribution < -0.4 is 0 Å². The van der Waals surface area contributed by atoms with Gasteiger partial charge in [0.15, 0.2) is 0 Å². The molecule has 10 heteroatoms. The van der Waals surface area contributed by atoms with E-state index in [0.29, 0.717) is 30.4 Å². The number of carbonyl (C=O) groups is 1. The average molecular weight is 407 g/mol. The van der Waals surface area contributed by atoms with E-state index in [9.17, 15) is 4.79 Å². The number of carbonyl (C=O) groups excluding carboxylic acids is 1. The van der Waals surface area contributed by atoms with E-state index in [4.69, 9.17) is 4.42 Å². The van der Waals surface area contributed by atoms with E-state index >= 15 is 0 Å². The summed E-state index contributed by atoms with van der Waals surface area (Å²) in [5, 5.41) is 21.5. The van der Waals surface area contributed by atoms with Crippen molar-refractivity contribution >= 4 is 17.2 Å². The highest BCUT2D eigenvalue weighted by atomic mass is 32.1. The number of amides is 1. The smallest absolute Gasteiger partial charge is 0.257 e. The molecule has 0 spiro atoms. The molecule has 29 heavy (non-hydrogen) atoms. The predicted molar refractivity (Wildman–Crippen MR) is 105 cm³/mol. The Morgan fingerprint density at radius 2 is 2.17 bits per heavy atom. The molecule has 1 amide bonds. The molecule has 3 aromatic heterocycles. The summed E-state index contributed by atoms with van der Waals surface area (Å²) in [6, 6.07) is 11.2. The minimum absolute atomic E-state index is 0.0254. The third-order valence-corrected chi connectivity index (χ3v) is 5.79. The molecule has 1 fully saturated rings. The number of tetrazole rings is 1. The summed E-state index contributed by atoms with van der Waals surface area (Å²) < 4.78 is 7.42. The molecule has 146 valence electrons. The number of hydrogen-bond acceptors (Lipinski definition) is 8. The van der Waals surface area contributed by atoms with Crippen LogP contribution in [0.4, 0.5) is 0 Å². The van der Waals surface area contributed by atoms with Gasteiger partial charge in [-0.15, -0.1) is 26.6 Å². The molecule has 0 unspecified atom stereocenters. The van der Waals surface area contributed by atoms with Gasteiger partial charge in [-0.2, -0.15) is 0 Å². The Balaban J connectivity index is 1.33. The van der Waals surface area contributed by atoms with E-state index in [1.807, 2.05) is 34.5 Å². The summed E-state index contributed by atoms with van der Waals surface area (Å²) in [7, 11) is 0. The van der Waals surface area contributed by atoms with Crippen molar-refractivity contribution in [1.29, 1.82) is 0 Å². The van der Waals surface area contributed by atoms with E-state index in [1.54, 1.807) is 23.5 Å². The summed E-state index contributed by atoms with van der Waals surface area (Å²) in [5.74, 6) is 1.14. The van der Waals surface area contributed by atoms with E-state index in [1.165, 1.54) is 11.0 Å². The molecule has 4 aromatic rings. The molecule has 1 aromatic carbocycles. The first-order chi connectivity index (χ1) is 14.3. The van der Waals surface area contributed by atoms with Crippen molar-refractivity contribution in [3.8, 4) is 16.5 Å². The monoisotopic (exact) mass is 407 g/mol. The molecule has 1 saturated heterocycles. The lowest BCUT2D eigenvalue weighted by Gasteiger charge is -2.31. The Bertz CT molecular complexity index is 1110. The quantitative estimate of drug-likeness (QED) is 0.512. The Morgan fingerprint density at radius 3 is 3.00 bits per heavy atom. The van der Waals surface area contributed by atoms with E-state index in [0.717, 1.165) is 23.4 Å². The third-order valence-electron chi connectivity index (χ3n) is 4.94. The first-order valence-electron chi connectivity index (χ1n) is 9.28. The number of rotatable bonds is 4. The average Bonchev–Trinajstić information content (AvgIpc) is 3.55. The summed E-state index contributed by atoms with van der Waals surface area (Å²) in [6.45, 7) is 1.26. The standard InChI is InChI=1S/C19H17N7O2S/c27-19(13-4-1-6-15(10-13)26-12-20-23-24-26)25-8-2-5-14(11-25)17-21-22-18(28-17)16-7-3-9-29-16/h1,3-4,6-7,9-10,12,14H,2,5,8,11H2/t14-/m0/s1. The number of aromatic nitrogens is 6. The number of piperidine rings is 1. The molecule has 1 aliphatic heterocycles. The number of nitrogens with zero attached hydrogens (tertiary/aromatic N) is 7. The molecule has 9 nitrogen and oxygen atoms in total. The van der Waals surface area contributed by atoms with Crippen molar-refractivity contribution in [3.05, 3.63) is 59.6 Å². The van der Waals surface area contributed by atoms with Crippen molar-refractivity contribution in [3.63, 3.8) is 0 Å². The van der Waals surface area contributed by atoms with Crippen LogP contribution in [-0.2, 0) is 0 Å². The molecular formula is C19H17N7O2S. The van der Waals surface area contributed by atoms with Gasteiger partial charge in [0.2, 0.25) is 5.89 Å². The Hall–Kier alpha value is -3.40.